The summed E-state index contributed by atoms with van der Waals surface area (Å²) in [4.78, 5) is 0.185. The van der Waals surface area contributed by atoms with Crippen LogP contribution in [0.15, 0.2) is 29.2 Å². The lowest BCUT2D eigenvalue weighted by molar-refractivity contribution is 0.326. The number of benzene rings is 1. The zero-order valence-electron chi connectivity index (χ0n) is 12.9. The van der Waals surface area contributed by atoms with Gasteiger partial charge in [-0.15, -0.1) is 5.92 Å². The van der Waals surface area contributed by atoms with Crippen molar-refractivity contribution in [2.24, 2.45) is 11.7 Å². The maximum Gasteiger partial charge on any atom is 0.297 e. The van der Waals surface area contributed by atoms with Gasteiger partial charge < -0.3 is 5.73 Å². The summed E-state index contributed by atoms with van der Waals surface area (Å²) in [6, 6.07) is 6.87. The SMILES string of the molecule is Cc1ccc(S(=O)(=O)OCCC#CC2CCCC(N)C2)cc1. The molecule has 0 aliphatic heterocycles. The number of aryl methyl sites for hydroxylation is 1. The molecule has 0 amide bonds. The molecule has 0 radical (unpaired) electrons. The molecule has 1 aliphatic carbocycles. The molecule has 0 spiro atoms. The molecule has 5 heteroatoms. The van der Waals surface area contributed by atoms with Crippen molar-refractivity contribution in [3.63, 3.8) is 0 Å². The van der Waals surface area contributed by atoms with E-state index in [-0.39, 0.29) is 17.5 Å². The van der Waals surface area contributed by atoms with Gasteiger partial charge in [-0.2, -0.15) is 8.42 Å². The Hall–Kier alpha value is -1.35. The minimum absolute atomic E-state index is 0.0853. The fourth-order valence-electron chi connectivity index (χ4n) is 2.55. The Balaban J connectivity index is 1.80. The van der Waals surface area contributed by atoms with Gasteiger partial charge in [0.2, 0.25) is 0 Å². The summed E-state index contributed by atoms with van der Waals surface area (Å²) in [7, 11) is -3.68. The van der Waals surface area contributed by atoms with Crippen molar-refractivity contribution in [1.29, 1.82) is 0 Å². The van der Waals surface area contributed by atoms with Crippen LogP contribution in [0.2, 0.25) is 0 Å². The van der Waals surface area contributed by atoms with E-state index in [1.54, 1.807) is 24.3 Å². The molecule has 1 fully saturated rings. The van der Waals surface area contributed by atoms with Gasteiger partial charge in [-0.25, -0.2) is 0 Å². The van der Waals surface area contributed by atoms with Crippen LogP contribution < -0.4 is 5.73 Å². The molecule has 2 rings (SSSR count). The Bertz CT molecular complexity index is 641. The lowest BCUT2D eigenvalue weighted by Crippen LogP contribution is -2.27. The highest BCUT2D eigenvalue weighted by molar-refractivity contribution is 7.86. The Morgan fingerprint density at radius 1 is 1.27 bits per heavy atom. The molecule has 22 heavy (non-hydrogen) atoms. The van der Waals surface area contributed by atoms with E-state index in [1.165, 1.54) is 0 Å². The first-order chi connectivity index (χ1) is 10.5. The summed E-state index contributed by atoms with van der Waals surface area (Å²) in [6.45, 7) is 1.99. The first-order valence-electron chi connectivity index (χ1n) is 7.67. The van der Waals surface area contributed by atoms with Gasteiger partial charge in [0.1, 0.15) is 0 Å². The molecule has 1 saturated carbocycles. The van der Waals surface area contributed by atoms with Crippen LogP contribution in [0, 0.1) is 24.7 Å². The molecule has 0 bridgehead atoms. The Kier molecular flexibility index (Phi) is 6.01. The first kappa shape index (κ1) is 17.0. The second-order valence-corrected chi connectivity index (χ2v) is 7.40. The third-order valence-electron chi connectivity index (χ3n) is 3.80. The first-order valence-corrected chi connectivity index (χ1v) is 9.08. The molecule has 0 saturated heterocycles. The number of hydrogen-bond acceptors (Lipinski definition) is 4. The van der Waals surface area contributed by atoms with Gasteiger partial charge in [0.05, 0.1) is 11.5 Å². The van der Waals surface area contributed by atoms with E-state index >= 15 is 0 Å². The Morgan fingerprint density at radius 2 is 2.00 bits per heavy atom. The van der Waals surface area contributed by atoms with Crippen LogP contribution in [0.4, 0.5) is 0 Å². The molecule has 1 aliphatic rings. The lowest BCUT2D eigenvalue weighted by atomic mass is 9.86. The molecule has 4 nitrogen and oxygen atoms in total. The molecule has 2 atom stereocenters. The second-order valence-electron chi connectivity index (χ2n) is 5.78. The van der Waals surface area contributed by atoms with Gasteiger partial charge in [0, 0.05) is 18.4 Å². The van der Waals surface area contributed by atoms with Crippen LogP contribution in [0.3, 0.4) is 0 Å². The summed E-state index contributed by atoms with van der Waals surface area (Å²) in [5.41, 5.74) is 6.93. The van der Waals surface area contributed by atoms with E-state index in [2.05, 4.69) is 11.8 Å². The van der Waals surface area contributed by atoms with Gasteiger partial charge >= 0.3 is 0 Å². The molecule has 2 unspecified atom stereocenters. The Morgan fingerprint density at radius 3 is 2.68 bits per heavy atom. The van der Waals surface area contributed by atoms with Gasteiger partial charge in [-0.3, -0.25) is 4.18 Å². The smallest absolute Gasteiger partial charge is 0.297 e. The predicted molar refractivity (Wildman–Crippen MR) is 86.6 cm³/mol. The van der Waals surface area contributed by atoms with E-state index in [0.717, 1.165) is 31.2 Å². The molecule has 0 heterocycles. The zero-order chi connectivity index (χ0) is 16.0. The minimum atomic E-state index is -3.68. The number of hydrogen-bond donors (Lipinski definition) is 1. The van der Waals surface area contributed by atoms with E-state index in [0.29, 0.717) is 12.3 Å². The number of rotatable bonds is 4. The van der Waals surface area contributed by atoms with Crippen LogP contribution in [0.25, 0.3) is 0 Å². The highest BCUT2D eigenvalue weighted by Gasteiger charge is 2.17. The lowest BCUT2D eigenvalue weighted by Gasteiger charge is -2.22. The highest BCUT2D eigenvalue weighted by Crippen LogP contribution is 2.22. The van der Waals surface area contributed by atoms with Crippen LogP contribution in [-0.4, -0.2) is 21.1 Å². The molecule has 0 aromatic heterocycles. The summed E-state index contributed by atoms with van der Waals surface area (Å²) in [5, 5.41) is 0. The van der Waals surface area contributed by atoms with Gasteiger partial charge in [0.25, 0.3) is 10.1 Å². The summed E-state index contributed by atoms with van der Waals surface area (Å²) in [5.74, 6) is 6.54. The molecule has 120 valence electrons. The van der Waals surface area contributed by atoms with Crippen LogP contribution in [-0.2, 0) is 14.3 Å². The maximum absolute atomic E-state index is 12.0. The predicted octanol–water partition coefficient (Wildman–Crippen LogP) is 2.61. The van der Waals surface area contributed by atoms with Crippen molar-refractivity contribution in [3.05, 3.63) is 29.8 Å². The van der Waals surface area contributed by atoms with Crippen molar-refractivity contribution >= 4 is 10.1 Å². The van der Waals surface area contributed by atoms with Crippen molar-refractivity contribution in [1.82, 2.24) is 0 Å². The van der Waals surface area contributed by atoms with Crippen molar-refractivity contribution in [2.45, 2.75) is 50.0 Å². The van der Waals surface area contributed by atoms with E-state index < -0.39 is 10.1 Å². The van der Waals surface area contributed by atoms with Gasteiger partial charge in [-0.05, 0) is 38.3 Å². The van der Waals surface area contributed by atoms with Crippen LogP contribution in [0.5, 0.6) is 0 Å². The molecule has 1 aromatic carbocycles. The van der Waals surface area contributed by atoms with Crippen molar-refractivity contribution < 1.29 is 12.6 Å². The normalized spacial score (nSPS) is 21.9. The topological polar surface area (TPSA) is 69.4 Å². The van der Waals surface area contributed by atoms with Crippen molar-refractivity contribution in [2.75, 3.05) is 6.61 Å². The fourth-order valence-corrected chi connectivity index (χ4v) is 3.46. The zero-order valence-corrected chi connectivity index (χ0v) is 13.7. The minimum Gasteiger partial charge on any atom is -0.328 e. The highest BCUT2D eigenvalue weighted by atomic mass is 32.2. The standard InChI is InChI=1S/C17H23NO3S/c1-14-8-10-17(11-9-14)22(19,20)21-12-3-2-5-15-6-4-7-16(18)13-15/h8-11,15-16H,3-4,6-7,12-13,18H2,1H3. The summed E-state index contributed by atoms with van der Waals surface area (Å²) >= 11 is 0. The van der Waals surface area contributed by atoms with Gasteiger partial charge in [0.15, 0.2) is 0 Å². The average Bonchev–Trinajstić information content (AvgIpc) is 2.47. The monoisotopic (exact) mass is 321 g/mol. The van der Waals surface area contributed by atoms with Crippen molar-refractivity contribution in [3.8, 4) is 11.8 Å². The third-order valence-corrected chi connectivity index (χ3v) is 5.12. The summed E-state index contributed by atoms with van der Waals surface area (Å²) in [6.07, 6.45) is 4.64. The third kappa shape index (κ3) is 5.13. The Labute approximate surface area is 133 Å². The van der Waals surface area contributed by atoms with Crippen LogP contribution >= 0.6 is 0 Å². The largest absolute Gasteiger partial charge is 0.328 e. The second kappa shape index (κ2) is 7.77. The quantitative estimate of drug-likeness (QED) is 0.526. The van der Waals surface area contributed by atoms with E-state index in [1.807, 2.05) is 6.92 Å². The van der Waals surface area contributed by atoms with Gasteiger partial charge in [-0.1, -0.05) is 30.0 Å². The molecular formula is C17H23NO3S. The molecule has 2 N–H and O–H groups in total. The van der Waals surface area contributed by atoms with E-state index in [4.69, 9.17) is 9.92 Å². The maximum atomic E-state index is 12.0. The molecule has 1 aromatic rings. The number of nitrogens with two attached hydrogens (primary N) is 1. The molecular weight excluding hydrogens is 298 g/mol. The van der Waals surface area contributed by atoms with E-state index in [9.17, 15) is 8.42 Å². The fraction of sp³-hybridized carbons (Fsp3) is 0.529. The summed E-state index contributed by atoms with van der Waals surface area (Å²) < 4.78 is 28.9. The average molecular weight is 321 g/mol. The van der Waals surface area contributed by atoms with Crippen LogP contribution in [0.1, 0.15) is 37.7 Å².